The lowest BCUT2D eigenvalue weighted by Gasteiger charge is -2.34. The first kappa shape index (κ1) is 23.4. The third-order valence-corrected chi connectivity index (χ3v) is 7.53. The molecule has 0 saturated carbocycles. The number of fused-ring (bicyclic) bond motifs is 2. The Balaban J connectivity index is 1.61. The average Bonchev–Trinajstić information content (AvgIpc) is 2.88. The van der Waals surface area contributed by atoms with Crippen LogP contribution in [0.5, 0.6) is 5.75 Å². The molecule has 1 atom stereocenters. The number of esters is 1. The van der Waals surface area contributed by atoms with Crippen LogP contribution in [0.15, 0.2) is 87.3 Å². The molecular formula is C25H21N3O7S. The molecule has 1 unspecified atom stereocenters. The molecule has 11 heteroatoms. The van der Waals surface area contributed by atoms with Gasteiger partial charge >= 0.3 is 11.7 Å². The number of anilines is 1. The summed E-state index contributed by atoms with van der Waals surface area (Å²) < 4.78 is 40.3. The largest absolute Gasteiger partial charge is 0.475 e. The van der Waals surface area contributed by atoms with Crippen LogP contribution in [0.4, 0.5) is 5.69 Å². The summed E-state index contributed by atoms with van der Waals surface area (Å²) in [5.41, 5.74) is -0.571. The fraction of sp³-hybridized carbons (Fsp3) is 0.160. The number of sulfonamides is 1. The van der Waals surface area contributed by atoms with E-state index < -0.39 is 33.3 Å². The highest BCUT2D eigenvalue weighted by Crippen LogP contribution is 2.37. The van der Waals surface area contributed by atoms with Gasteiger partial charge in [-0.25, -0.2) is 22.6 Å². The molecule has 0 bridgehead atoms. The number of hydrogen-bond donors (Lipinski definition) is 1. The van der Waals surface area contributed by atoms with Crippen molar-refractivity contribution in [2.75, 3.05) is 17.5 Å². The molecule has 36 heavy (non-hydrogen) atoms. The number of ether oxygens (including phenoxy) is 2. The minimum absolute atomic E-state index is 0.0802. The molecule has 184 valence electrons. The maximum atomic E-state index is 13.8. The predicted octanol–water partition coefficient (Wildman–Crippen LogP) is 2.20. The number of para-hydroxylation sites is 3. The first-order valence-electron chi connectivity index (χ1n) is 11.1. The maximum Gasteiger partial charge on any atom is 0.349 e. The van der Waals surface area contributed by atoms with E-state index in [-0.39, 0.29) is 40.6 Å². The Hall–Kier alpha value is -4.38. The van der Waals surface area contributed by atoms with E-state index in [4.69, 9.17) is 9.47 Å². The zero-order valence-corrected chi connectivity index (χ0v) is 19.9. The lowest BCUT2D eigenvalue weighted by atomic mass is 10.2. The molecule has 1 N–H and O–H groups in total. The van der Waals surface area contributed by atoms with Gasteiger partial charge < -0.3 is 14.5 Å². The number of nitrogens with one attached hydrogen (secondary N) is 1. The Bertz CT molecular complexity index is 1710. The van der Waals surface area contributed by atoms with E-state index in [0.717, 1.165) is 8.87 Å². The summed E-state index contributed by atoms with van der Waals surface area (Å²) in [7, 11) is -4.24. The Kier molecular flexibility index (Phi) is 5.84. The van der Waals surface area contributed by atoms with Crippen molar-refractivity contribution in [2.45, 2.75) is 17.9 Å². The van der Waals surface area contributed by atoms with Crippen LogP contribution in [0.3, 0.4) is 0 Å². The molecule has 3 aromatic carbocycles. The summed E-state index contributed by atoms with van der Waals surface area (Å²) in [5, 5.41) is 0.282. The van der Waals surface area contributed by atoms with Crippen molar-refractivity contribution in [3.05, 3.63) is 93.6 Å². The zero-order chi connectivity index (χ0) is 25.4. The van der Waals surface area contributed by atoms with Crippen LogP contribution in [0, 0.1) is 0 Å². The summed E-state index contributed by atoms with van der Waals surface area (Å²) in [6.07, 6.45) is -1.16. The lowest BCUT2D eigenvalue weighted by molar-refractivity contribution is -0.151. The predicted molar refractivity (Wildman–Crippen MR) is 132 cm³/mol. The molecule has 0 aliphatic carbocycles. The highest BCUT2D eigenvalue weighted by atomic mass is 32.2. The number of hydrogen-bond acceptors (Lipinski definition) is 7. The molecule has 1 aliphatic heterocycles. The first-order chi connectivity index (χ1) is 17.3. The second kappa shape index (κ2) is 9.00. The highest BCUT2D eigenvalue weighted by molar-refractivity contribution is 7.92. The van der Waals surface area contributed by atoms with Crippen molar-refractivity contribution in [1.82, 2.24) is 9.55 Å². The van der Waals surface area contributed by atoms with Crippen molar-refractivity contribution in [3.63, 3.8) is 0 Å². The monoisotopic (exact) mass is 507 g/mol. The van der Waals surface area contributed by atoms with E-state index in [1.807, 2.05) is 0 Å². The molecule has 1 aliphatic rings. The van der Waals surface area contributed by atoms with Gasteiger partial charge in [0, 0.05) is 0 Å². The van der Waals surface area contributed by atoms with Crippen LogP contribution in [0.2, 0.25) is 0 Å². The SMILES string of the molecule is CCOC(=O)C1CN(S(=O)(=O)c2cccc(-n3c(=O)[nH]c4ccccc4c3=O)c2)c2ccccc2O1. The second-order valence-electron chi connectivity index (χ2n) is 7.98. The Morgan fingerprint density at radius 3 is 2.61 bits per heavy atom. The van der Waals surface area contributed by atoms with Crippen molar-refractivity contribution < 1.29 is 22.7 Å². The minimum atomic E-state index is -4.24. The van der Waals surface area contributed by atoms with Gasteiger partial charge in [-0.15, -0.1) is 0 Å². The molecule has 10 nitrogen and oxygen atoms in total. The fourth-order valence-corrected chi connectivity index (χ4v) is 5.61. The van der Waals surface area contributed by atoms with E-state index >= 15 is 0 Å². The Morgan fingerprint density at radius 2 is 1.81 bits per heavy atom. The third kappa shape index (κ3) is 3.93. The van der Waals surface area contributed by atoms with Crippen LogP contribution in [-0.4, -0.2) is 43.2 Å². The summed E-state index contributed by atoms with van der Waals surface area (Å²) in [6, 6.07) is 18.5. The number of rotatable bonds is 5. The van der Waals surface area contributed by atoms with Gasteiger partial charge in [0.05, 0.1) is 40.3 Å². The van der Waals surface area contributed by atoms with Gasteiger partial charge in [0.1, 0.15) is 5.75 Å². The van der Waals surface area contributed by atoms with Gasteiger partial charge in [-0.2, -0.15) is 0 Å². The highest BCUT2D eigenvalue weighted by Gasteiger charge is 2.38. The molecule has 0 spiro atoms. The quantitative estimate of drug-likeness (QED) is 0.410. The van der Waals surface area contributed by atoms with Crippen LogP contribution in [-0.2, 0) is 19.6 Å². The standard InChI is InChI=1S/C25H21N3O7S/c1-2-34-24(30)22-15-27(20-12-5-6-13-21(20)35-22)36(32,33)17-9-7-8-16(14-17)28-23(29)18-10-3-4-11-19(18)26-25(28)31/h3-14,22H,2,15H2,1H3,(H,26,31). The zero-order valence-electron chi connectivity index (χ0n) is 19.1. The van der Waals surface area contributed by atoms with E-state index in [1.165, 1.54) is 24.3 Å². The molecule has 0 amide bonds. The Morgan fingerprint density at radius 1 is 1.06 bits per heavy atom. The van der Waals surface area contributed by atoms with Crippen LogP contribution in [0.1, 0.15) is 6.92 Å². The number of aromatic amines is 1. The maximum absolute atomic E-state index is 13.8. The van der Waals surface area contributed by atoms with Crippen molar-refractivity contribution in [2.24, 2.45) is 0 Å². The van der Waals surface area contributed by atoms with Gasteiger partial charge in [-0.1, -0.05) is 30.3 Å². The van der Waals surface area contributed by atoms with E-state index in [1.54, 1.807) is 55.5 Å². The minimum Gasteiger partial charge on any atom is -0.475 e. The average molecular weight is 508 g/mol. The lowest BCUT2D eigenvalue weighted by Crippen LogP contribution is -2.47. The normalized spacial score (nSPS) is 15.2. The van der Waals surface area contributed by atoms with Crippen molar-refractivity contribution in [3.8, 4) is 11.4 Å². The number of benzene rings is 3. The van der Waals surface area contributed by atoms with E-state index in [9.17, 15) is 22.8 Å². The molecule has 0 radical (unpaired) electrons. The second-order valence-corrected chi connectivity index (χ2v) is 9.84. The first-order valence-corrected chi connectivity index (χ1v) is 12.5. The smallest absolute Gasteiger partial charge is 0.349 e. The van der Waals surface area contributed by atoms with Gasteiger partial charge in [0.2, 0.25) is 6.10 Å². The van der Waals surface area contributed by atoms with Gasteiger partial charge in [-0.3, -0.25) is 9.10 Å². The fourth-order valence-electron chi connectivity index (χ4n) is 4.10. The Labute approximate surface area is 205 Å². The number of nitrogens with zero attached hydrogens (tertiary/aromatic N) is 2. The summed E-state index contributed by atoms with van der Waals surface area (Å²) in [4.78, 5) is 40.7. The molecule has 1 aromatic heterocycles. The molecule has 0 fully saturated rings. The topological polar surface area (TPSA) is 128 Å². The van der Waals surface area contributed by atoms with Gasteiger partial charge in [-0.05, 0) is 49.4 Å². The van der Waals surface area contributed by atoms with Crippen LogP contribution >= 0.6 is 0 Å². The van der Waals surface area contributed by atoms with Crippen molar-refractivity contribution >= 4 is 32.6 Å². The van der Waals surface area contributed by atoms with Gasteiger partial charge in [0.25, 0.3) is 15.6 Å². The number of H-pyrrole nitrogens is 1. The van der Waals surface area contributed by atoms with Crippen LogP contribution < -0.4 is 20.3 Å². The summed E-state index contributed by atoms with van der Waals surface area (Å²) >= 11 is 0. The van der Waals surface area contributed by atoms with Crippen molar-refractivity contribution in [1.29, 1.82) is 0 Å². The van der Waals surface area contributed by atoms with Crippen LogP contribution in [0.25, 0.3) is 16.6 Å². The number of carbonyl (C=O) groups excluding carboxylic acids is 1. The molecular weight excluding hydrogens is 486 g/mol. The third-order valence-electron chi connectivity index (χ3n) is 5.75. The van der Waals surface area contributed by atoms with Gasteiger partial charge in [0.15, 0.2) is 0 Å². The van der Waals surface area contributed by atoms with E-state index in [0.29, 0.717) is 5.52 Å². The summed E-state index contributed by atoms with van der Waals surface area (Å²) in [5.74, 6) is -0.473. The summed E-state index contributed by atoms with van der Waals surface area (Å²) in [6.45, 7) is 1.45. The number of aromatic nitrogens is 2. The molecule has 5 rings (SSSR count). The molecule has 0 saturated heterocycles. The van der Waals surface area contributed by atoms with E-state index in [2.05, 4.69) is 4.98 Å². The molecule has 2 heterocycles. The number of carbonyl (C=O) groups is 1. The molecule has 4 aromatic rings.